The van der Waals surface area contributed by atoms with Crippen molar-refractivity contribution in [3.8, 4) is 5.75 Å². The van der Waals surface area contributed by atoms with E-state index in [9.17, 15) is 13.2 Å². The Morgan fingerprint density at radius 1 is 1.17 bits per heavy atom. The van der Waals surface area contributed by atoms with Gasteiger partial charge in [-0.3, -0.25) is 4.79 Å². The molecular formula is C22H28N2O4S. The van der Waals surface area contributed by atoms with E-state index < -0.39 is 10.0 Å². The average molecular weight is 417 g/mol. The fourth-order valence-electron chi connectivity index (χ4n) is 3.42. The van der Waals surface area contributed by atoms with Gasteiger partial charge < -0.3 is 10.1 Å². The second-order valence-electron chi connectivity index (χ2n) is 7.40. The predicted molar refractivity (Wildman–Crippen MR) is 112 cm³/mol. The minimum absolute atomic E-state index is 0.00944. The van der Waals surface area contributed by atoms with Crippen molar-refractivity contribution in [2.24, 2.45) is 0 Å². The highest BCUT2D eigenvalue weighted by Crippen LogP contribution is 2.29. The van der Waals surface area contributed by atoms with Crippen LogP contribution in [0.25, 0.3) is 0 Å². The topological polar surface area (TPSA) is 84.5 Å². The summed E-state index contributed by atoms with van der Waals surface area (Å²) in [5, 5.41) is 3.04. The molecule has 0 saturated carbocycles. The number of hydrogen-bond acceptors (Lipinski definition) is 4. The maximum absolute atomic E-state index is 12.3. The molecule has 7 heteroatoms. The van der Waals surface area contributed by atoms with Gasteiger partial charge >= 0.3 is 0 Å². The summed E-state index contributed by atoms with van der Waals surface area (Å²) < 4.78 is 32.7. The monoisotopic (exact) mass is 416 g/mol. The van der Waals surface area contributed by atoms with Gasteiger partial charge in [0.15, 0.2) is 6.61 Å². The van der Waals surface area contributed by atoms with Crippen molar-refractivity contribution in [2.45, 2.75) is 56.5 Å². The summed E-state index contributed by atoms with van der Waals surface area (Å²) in [6.45, 7) is 3.62. The molecule has 6 nitrogen and oxygen atoms in total. The fraction of sp³-hybridized carbons (Fsp3) is 0.409. The Hall–Kier alpha value is -2.38. The van der Waals surface area contributed by atoms with Crippen molar-refractivity contribution < 1.29 is 17.9 Å². The van der Waals surface area contributed by atoms with Crippen LogP contribution in [0.3, 0.4) is 0 Å². The smallest absolute Gasteiger partial charge is 0.258 e. The molecule has 0 fully saturated rings. The Morgan fingerprint density at radius 3 is 2.62 bits per heavy atom. The van der Waals surface area contributed by atoms with Crippen LogP contribution in [0, 0.1) is 0 Å². The number of amides is 1. The van der Waals surface area contributed by atoms with Crippen LogP contribution < -0.4 is 14.8 Å². The Bertz CT molecular complexity index is 942. The van der Waals surface area contributed by atoms with E-state index >= 15 is 0 Å². The molecule has 29 heavy (non-hydrogen) atoms. The summed E-state index contributed by atoms with van der Waals surface area (Å²) >= 11 is 0. The van der Waals surface area contributed by atoms with E-state index in [2.05, 4.69) is 22.2 Å². The van der Waals surface area contributed by atoms with Crippen molar-refractivity contribution in [2.75, 3.05) is 6.61 Å². The van der Waals surface area contributed by atoms with E-state index in [1.807, 2.05) is 26.0 Å². The van der Waals surface area contributed by atoms with Crippen molar-refractivity contribution in [1.29, 1.82) is 0 Å². The molecule has 2 aromatic carbocycles. The molecule has 0 radical (unpaired) electrons. The highest BCUT2D eigenvalue weighted by Gasteiger charge is 2.21. The minimum atomic E-state index is -3.55. The van der Waals surface area contributed by atoms with Gasteiger partial charge in [0.05, 0.1) is 10.9 Å². The first-order valence-corrected chi connectivity index (χ1v) is 11.5. The molecular weight excluding hydrogens is 388 g/mol. The lowest BCUT2D eigenvalue weighted by Gasteiger charge is -2.26. The van der Waals surface area contributed by atoms with Crippen LogP contribution in [0.4, 0.5) is 0 Å². The molecule has 0 unspecified atom stereocenters. The molecule has 2 atom stereocenters. The maximum atomic E-state index is 12.3. The van der Waals surface area contributed by atoms with Gasteiger partial charge in [0.25, 0.3) is 5.91 Å². The highest BCUT2D eigenvalue weighted by atomic mass is 32.2. The second kappa shape index (κ2) is 9.41. The summed E-state index contributed by atoms with van der Waals surface area (Å²) in [4.78, 5) is 12.5. The second-order valence-corrected chi connectivity index (χ2v) is 9.12. The third-order valence-corrected chi connectivity index (χ3v) is 6.78. The lowest BCUT2D eigenvalue weighted by atomic mass is 9.88. The number of fused-ring (bicyclic) bond motifs is 1. The number of nitrogens with one attached hydrogen (secondary N) is 2. The summed E-state index contributed by atoms with van der Waals surface area (Å²) in [7, 11) is -3.55. The van der Waals surface area contributed by atoms with Crippen LogP contribution in [0.15, 0.2) is 53.4 Å². The normalized spacial score (nSPS) is 17.2. The van der Waals surface area contributed by atoms with E-state index in [0.29, 0.717) is 12.2 Å². The van der Waals surface area contributed by atoms with E-state index in [4.69, 9.17) is 4.74 Å². The summed E-state index contributed by atoms with van der Waals surface area (Å²) in [6.07, 6.45) is 3.71. The first-order valence-electron chi connectivity index (χ1n) is 10.0. The van der Waals surface area contributed by atoms with Crippen LogP contribution in [0.1, 0.15) is 50.3 Å². The molecule has 0 bridgehead atoms. The van der Waals surface area contributed by atoms with Crippen molar-refractivity contribution in [1.82, 2.24) is 10.0 Å². The lowest BCUT2D eigenvalue weighted by molar-refractivity contribution is -0.124. The van der Waals surface area contributed by atoms with Crippen molar-refractivity contribution >= 4 is 15.9 Å². The van der Waals surface area contributed by atoms with Gasteiger partial charge in [-0.05, 0) is 68.0 Å². The number of ether oxygens (including phenoxy) is 1. The van der Waals surface area contributed by atoms with Crippen LogP contribution in [-0.4, -0.2) is 27.0 Å². The third kappa shape index (κ3) is 5.58. The van der Waals surface area contributed by atoms with Gasteiger partial charge in [0.1, 0.15) is 5.75 Å². The molecule has 1 aliphatic rings. The summed E-state index contributed by atoms with van der Waals surface area (Å²) in [5.74, 6) is 0.258. The van der Waals surface area contributed by atoms with Gasteiger partial charge in [0, 0.05) is 6.04 Å². The van der Waals surface area contributed by atoms with Crippen LogP contribution in [0.2, 0.25) is 0 Å². The molecule has 2 N–H and O–H groups in total. The Kier molecular flexibility index (Phi) is 6.92. The van der Waals surface area contributed by atoms with Crippen LogP contribution in [-0.2, 0) is 21.2 Å². The van der Waals surface area contributed by atoms with Gasteiger partial charge in [-0.2, -0.15) is 0 Å². The van der Waals surface area contributed by atoms with Gasteiger partial charge in [-0.15, -0.1) is 0 Å². The zero-order valence-corrected chi connectivity index (χ0v) is 17.7. The van der Waals surface area contributed by atoms with E-state index in [1.54, 1.807) is 12.1 Å². The quantitative estimate of drug-likeness (QED) is 0.691. The number of hydrogen-bond donors (Lipinski definition) is 2. The van der Waals surface area contributed by atoms with Crippen LogP contribution >= 0.6 is 0 Å². The molecule has 156 valence electrons. The number of carbonyl (C=O) groups is 1. The number of rotatable bonds is 8. The number of benzene rings is 2. The molecule has 0 heterocycles. The van der Waals surface area contributed by atoms with Gasteiger partial charge in [-0.25, -0.2) is 13.1 Å². The third-order valence-electron chi connectivity index (χ3n) is 5.18. The summed E-state index contributed by atoms with van der Waals surface area (Å²) in [5.41, 5.74) is 2.46. The highest BCUT2D eigenvalue weighted by molar-refractivity contribution is 7.89. The number of sulfonamides is 1. The minimum Gasteiger partial charge on any atom is -0.484 e. The molecule has 1 aliphatic carbocycles. The number of carbonyl (C=O) groups excluding carboxylic acids is 1. The lowest BCUT2D eigenvalue weighted by Crippen LogP contribution is -2.34. The maximum Gasteiger partial charge on any atom is 0.258 e. The van der Waals surface area contributed by atoms with Crippen molar-refractivity contribution in [3.05, 3.63) is 59.7 Å². The predicted octanol–water partition coefficient (Wildman–Crippen LogP) is 3.34. The zero-order valence-electron chi connectivity index (χ0n) is 16.9. The Morgan fingerprint density at radius 2 is 1.90 bits per heavy atom. The zero-order chi connectivity index (χ0) is 20.9. The SMILES string of the molecule is CC[C@@H](C)NS(=O)(=O)c1ccc(OCC(=O)N[C@H]2CCCc3ccccc32)cc1. The Labute approximate surface area is 172 Å². The molecule has 2 aromatic rings. The fourth-order valence-corrected chi connectivity index (χ4v) is 4.75. The van der Waals surface area contributed by atoms with E-state index in [0.717, 1.165) is 19.3 Å². The van der Waals surface area contributed by atoms with Gasteiger partial charge in [-0.1, -0.05) is 31.2 Å². The molecule has 0 aromatic heterocycles. The first kappa shape index (κ1) is 21.3. The van der Waals surface area contributed by atoms with E-state index in [-0.39, 0.29) is 29.5 Å². The van der Waals surface area contributed by atoms with Crippen molar-refractivity contribution in [3.63, 3.8) is 0 Å². The first-order chi connectivity index (χ1) is 13.9. The van der Waals surface area contributed by atoms with Gasteiger partial charge in [0.2, 0.25) is 10.0 Å². The van der Waals surface area contributed by atoms with Crippen LogP contribution in [0.5, 0.6) is 5.75 Å². The largest absolute Gasteiger partial charge is 0.484 e. The molecule has 0 spiro atoms. The Balaban J connectivity index is 1.55. The molecule has 3 rings (SSSR count). The molecule has 0 saturated heterocycles. The van der Waals surface area contributed by atoms with E-state index in [1.165, 1.54) is 23.3 Å². The molecule has 0 aliphatic heterocycles. The molecule has 1 amide bonds. The standard InChI is InChI=1S/C22H28N2O4S/c1-3-16(2)24-29(26,27)19-13-11-18(12-14-19)28-15-22(25)23-21-10-6-8-17-7-4-5-9-20(17)21/h4-5,7,9,11-14,16,21,24H,3,6,8,10,15H2,1-2H3,(H,23,25)/t16-,21+/m1/s1. The average Bonchev–Trinajstić information content (AvgIpc) is 2.72. The summed E-state index contributed by atoms with van der Waals surface area (Å²) in [6, 6.07) is 14.1. The number of aryl methyl sites for hydroxylation is 1.